The van der Waals surface area contributed by atoms with Crippen LogP contribution in [0.2, 0.25) is 0 Å². The Morgan fingerprint density at radius 2 is 1.81 bits per heavy atom. The molecular formula is C16H27N3OS. The van der Waals surface area contributed by atoms with Gasteiger partial charge in [-0.05, 0) is 44.2 Å². The molecule has 0 aliphatic rings. The highest BCUT2D eigenvalue weighted by Gasteiger charge is 2.00. The van der Waals surface area contributed by atoms with Gasteiger partial charge in [0.15, 0.2) is 5.11 Å². The molecule has 21 heavy (non-hydrogen) atoms. The Morgan fingerprint density at radius 3 is 2.48 bits per heavy atom. The second kappa shape index (κ2) is 11.5. The lowest BCUT2D eigenvalue weighted by Gasteiger charge is -2.17. The van der Waals surface area contributed by atoms with Gasteiger partial charge in [-0.1, -0.05) is 30.3 Å². The van der Waals surface area contributed by atoms with E-state index in [0.717, 1.165) is 50.7 Å². The highest BCUT2D eigenvalue weighted by molar-refractivity contribution is 7.80. The number of hydrogen-bond acceptors (Lipinski definition) is 3. The van der Waals surface area contributed by atoms with Gasteiger partial charge in [0.1, 0.15) is 0 Å². The van der Waals surface area contributed by atoms with Gasteiger partial charge in [-0.15, -0.1) is 0 Å². The maximum atomic E-state index is 5.21. The third-order valence-electron chi connectivity index (χ3n) is 3.11. The maximum Gasteiger partial charge on any atom is 0.166 e. The molecule has 0 saturated carbocycles. The molecule has 0 heterocycles. The highest BCUT2D eigenvalue weighted by Crippen LogP contribution is 2.02. The molecule has 2 N–H and O–H groups in total. The Kier molecular flexibility index (Phi) is 9.78. The molecule has 1 aromatic rings. The fraction of sp³-hybridized carbons (Fsp3) is 0.562. The number of hydrogen-bond donors (Lipinski definition) is 2. The van der Waals surface area contributed by atoms with Gasteiger partial charge in [0, 0.05) is 33.4 Å². The van der Waals surface area contributed by atoms with Gasteiger partial charge in [-0.25, -0.2) is 0 Å². The van der Waals surface area contributed by atoms with Gasteiger partial charge < -0.3 is 20.3 Å². The van der Waals surface area contributed by atoms with Crippen LogP contribution < -0.4 is 10.6 Å². The molecule has 0 radical (unpaired) electrons. The molecule has 0 aliphatic heterocycles. The molecule has 0 fully saturated rings. The van der Waals surface area contributed by atoms with E-state index in [1.807, 2.05) is 6.07 Å². The van der Waals surface area contributed by atoms with E-state index in [0.29, 0.717) is 0 Å². The summed E-state index contributed by atoms with van der Waals surface area (Å²) in [7, 11) is 3.86. The van der Waals surface area contributed by atoms with Crippen molar-refractivity contribution in [1.29, 1.82) is 0 Å². The van der Waals surface area contributed by atoms with Crippen molar-refractivity contribution in [3.63, 3.8) is 0 Å². The van der Waals surface area contributed by atoms with E-state index in [1.54, 1.807) is 7.11 Å². The van der Waals surface area contributed by atoms with E-state index in [1.165, 1.54) is 5.56 Å². The van der Waals surface area contributed by atoms with Crippen LogP contribution in [0.3, 0.4) is 0 Å². The molecule has 0 unspecified atom stereocenters. The van der Waals surface area contributed by atoms with Crippen molar-refractivity contribution in [2.45, 2.75) is 19.4 Å². The Bertz CT molecular complexity index is 386. The fourth-order valence-electron chi connectivity index (χ4n) is 2.01. The molecule has 1 aromatic carbocycles. The zero-order valence-corrected chi connectivity index (χ0v) is 13.9. The van der Waals surface area contributed by atoms with Crippen LogP contribution in [0, 0.1) is 0 Å². The minimum atomic E-state index is 0.733. The fourth-order valence-corrected chi connectivity index (χ4v) is 2.21. The lowest BCUT2D eigenvalue weighted by molar-refractivity contribution is 0.195. The molecule has 5 heteroatoms. The van der Waals surface area contributed by atoms with Gasteiger partial charge in [0.05, 0.1) is 0 Å². The van der Waals surface area contributed by atoms with Crippen molar-refractivity contribution < 1.29 is 4.74 Å². The predicted molar refractivity (Wildman–Crippen MR) is 92.5 cm³/mol. The van der Waals surface area contributed by atoms with Crippen molar-refractivity contribution in [2.24, 2.45) is 0 Å². The Morgan fingerprint density at radius 1 is 1.14 bits per heavy atom. The van der Waals surface area contributed by atoms with E-state index >= 15 is 0 Å². The molecule has 0 atom stereocenters. The quantitative estimate of drug-likeness (QED) is 0.511. The minimum absolute atomic E-state index is 0.733. The molecule has 118 valence electrons. The first-order chi connectivity index (χ1) is 10.2. The number of ether oxygens (including phenoxy) is 1. The van der Waals surface area contributed by atoms with Crippen LogP contribution in [0.15, 0.2) is 30.3 Å². The molecule has 0 spiro atoms. The van der Waals surface area contributed by atoms with Crippen molar-refractivity contribution >= 4 is 17.3 Å². The first-order valence-corrected chi connectivity index (χ1v) is 7.86. The van der Waals surface area contributed by atoms with Crippen molar-refractivity contribution in [2.75, 3.05) is 40.4 Å². The van der Waals surface area contributed by atoms with Gasteiger partial charge >= 0.3 is 0 Å². The van der Waals surface area contributed by atoms with E-state index in [2.05, 4.69) is 46.8 Å². The third kappa shape index (κ3) is 9.39. The highest BCUT2D eigenvalue weighted by atomic mass is 32.1. The van der Waals surface area contributed by atoms with Gasteiger partial charge in [0.2, 0.25) is 0 Å². The van der Waals surface area contributed by atoms with Crippen molar-refractivity contribution in [3.05, 3.63) is 35.9 Å². The lowest BCUT2D eigenvalue weighted by Crippen LogP contribution is -2.37. The molecule has 4 nitrogen and oxygen atoms in total. The molecule has 0 aromatic heterocycles. The zero-order chi connectivity index (χ0) is 15.3. The molecule has 1 rings (SSSR count). The van der Waals surface area contributed by atoms with Crippen LogP contribution in [0.1, 0.15) is 18.4 Å². The smallest absolute Gasteiger partial charge is 0.166 e. The van der Waals surface area contributed by atoms with Crippen LogP contribution >= 0.6 is 12.2 Å². The summed E-state index contributed by atoms with van der Waals surface area (Å²) in [5.74, 6) is 0. The summed E-state index contributed by atoms with van der Waals surface area (Å²) in [4.78, 5) is 2.33. The average molecular weight is 309 g/mol. The summed E-state index contributed by atoms with van der Waals surface area (Å²) >= 11 is 5.21. The number of thiocarbonyl (C=S) groups is 1. The normalized spacial score (nSPS) is 10.6. The third-order valence-corrected chi connectivity index (χ3v) is 3.40. The molecular weight excluding hydrogens is 282 g/mol. The summed E-state index contributed by atoms with van der Waals surface area (Å²) in [6, 6.07) is 10.5. The van der Waals surface area contributed by atoms with Crippen LogP contribution in [-0.4, -0.2) is 50.4 Å². The van der Waals surface area contributed by atoms with Crippen LogP contribution in [0.25, 0.3) is 0 Å². The van der Waals surface area contributed by atoms with Gasteiger partial charge in [-0.3, -0.25) is 0 Å². The van der Waals surface area contributed by atoms with Crippen molar-refractivity contribution in [3.8, 4) is 0 Å². The monoisotopic (exact) mass is 309 g/mol. The Hall–Kier alpha value is -1.17. The van der Waals surface area contributed by atoms with E-state index in [-0.39, 0.29) is 0 Å². The number of rotatable bonds is 10. The topological polar surface area (TPSA) is 36.5 Å². The first-order valence-electron chi connectivity index (χ1n) is 7.45. The average Bonchev–Trinajstić information content (AvgIpc) is 2.49. The van der Waals surface area contributed by atoms with Crippen molar-refractivity contribution in [1.82, 2.24) is 15.5 Å². The number of methoxy groups -OCH3 is 1. The minimum Gasteiger partial charge on any atom is -0.385 e. The maximum absolute atomic E-state index is 5.21. The molecule has 0 saturated heterocycles. The largest absolute Gasteiger partial charge is 0.385 e. The van der Waals surface area contributed by atoms with E-state index in [9.17, 15) is 0 Å². The van der Waals surface area contributed by atoms with Crippen LogP contribution in [0.4, 0.5) is 0 Å². The number of benzene rings is 1. The van der Waals surface area contributed by atoms with E-state index in [4.69, 9.17) is 17.0 Å². The van der Waals surface area contributed by atoms with Gasteiger partial charge in [0.25, 0.3) is 0 Å². The molecule has 0 bridgehead atoms. The van der Waals surface area contributed by atoms with Crippen LogP contribution in [-0.2, 0) is 11.3 Å². The SMILES string of the molecule is COCCCNC(=S)NCCCN(C)Cc1ccccc1. The summed E-state index contributed by atoms with van der Waals surface area (Å²) in [5, 5.41) is 7.14. The molecule has 0 aliphatic carbocycles. The van der Waals surface area contributed by atoms with Crippen LogP contribution in [0.5, 0.6) is 0 Å². The summed E-state index contributed by atoms with van der Waals surface area (Å²) < 4.78 is 4.99. The standard InChI is InChI=1S/C16H27N3OS/c1-19(14-15-8-4-3-5-9-15)12-6-10-17-16(21)18-11-7-13-20-2/h3-5,8-9H,6-7,10-14H2,1-2H3,(H2,17,18,21). The summed E-state index contributed by atoms with van der Waals surface area (Å²) in [6.07, 6.45) is 2.04. The lowest BCUT2D eigenvalue weighted by atomic mass is 10.2. The second-order valence-corrected chi connectivity index (χ2v) is 5.51. The first kappa shape index (κ1) is 17.9. The summed E-state index contributed by atoms with van der Waals surface area (Å²) in [5.41, 5.74) is 1.35. The van der Waals surface area contributed by atoms with E-state index < -0.39 is 0 Å². The predicted octanol–water partition coefficient (Wildman–Crippen LogP) is 2.01. The van der Waals surface area contributed by atoms with Gasteiger partial charge in [-0.2, -0.15) is 0 Å². The number of nitrogens with one attached hydrogen (secondary N) is 2. The molecule has 0 amide bonds. The summed E-state index contributed by atoms with van der Waals surface area (Å²) in [6.45, 7) is 4.55. The number of nitrogens with zero attached hydrogens (tertiary/aromatic N) is 1. The zero-order valence-electron chi connectivity index (χ0n) is 13.1. The second-order valence-electron chi connectivity index (χ2n) is 5.11. The Labute approximate surface area is 133 Å². The Balaban J connectivity index is 2.01.